The Morgan fingerprint density at radius 2 is 2.12 bits per heavy atom. The Bertz CT molecular complexity index is 418. The van der Waals surface area contributed by atoms with Crippen LogP contribution in [0.5, 0.6) is 5.75 Å². The number of ether oxygens (including phenoxy) is 1. The molecule has 3 nitrogen and oxygen atoms in total. The highest BCUT2D eigenvalue weighted by Gasteiger charge is 2.15. The zero-order valence-corrected chi connectivity index (χ0v) is 9.67. The van der Waals surface area contributed by atoms with Gasteiger partial charge in [0, 0.05) is 11.6 Å². The maximum absolute atomic E-state index is 13.3. The van der Waals surface area contributed by atoms with Crippen molar-refractivity contribution in [2.24, 2.45) is 5.92 Å². The van der Waals surface area contributed by atoms with Crippen LogP contribution in [0, 0.1) is 17.6 Å². The van der Waals surface area contributed by atoms with Gasteiger partial charge in [0.25, 0.3) is 0 Å². The number of carboxylic acids is 1. The summed E-state index contributed by atoms with van der Waals surface area (Å²) in [7, 11) is 1.29. The van der Waals surface area contributed by atoms with Crippen molar-refractivity contribution in [2.45, 2.75) is 19.8 Å². The van der Waals surface area contributed by atoms with Crippen molar-refractivity contribution >= 4 is 5.97 Å². The van der Waals surface area contributed by atoms with Gasteiger partial charge in [0.05, 0.1) is 13.0 Å². The average molecular weight is 244 g/mol. The molecule has 1 N–H and O–H groups in total. The van der Waals surface area contributed by atoms with Crippen molar-refractivity contribution in [1.29, 1.82) is 0 Å². The maximum Gasteiger partial charge on any atom is 0.306 e. The molecule has 0 saturated carbocycles. The van der Waals surface area contributed by atoms with Gasteiger partial charge in [-0.05, 0) is 18.9 Å². The Morgan fingerprint density at radius 3 is 2.65 bits per heavy atom. The molecule has 5 heteroatoms. The summed E-state index contributed by atoms with van der Waals surface area (Å²) in [6.07, 6.45) is 0.555. The van der Waals surface area contributed by atoms with E-state index < -0.39 is 23.5 Å². The first kappa shape index (κ1) is 13.4. The summed E-state index contributed by atoms with van der Waals surface area (Å²) in [5, 5.41) is 8.72. The third-order valence-electron chi connectivity index (χ3n) is 2.56. The number of aryl methyl sites for hydroxylation is 1. The smallest absolute Gasteiger partial charge is 0.306 e. The SMILES string of the molecule is COc1c(F)cc(F)cc1CCC(C)C(=O)O. The molecule has 0 aromatic heterocycles. The van der Waals surface area contributed by atoms with Crippen LogP contribution in [0.4, 0.5) is 8.78 Å². The van der Waals surface area contributed by atoms with Gasteiger partial charge >= 0.3 is 5.97 Å². The highest BCUT2D eigenvalue weighted by Crippen LogP contribution is 2.26. The van der Waals surface area contributed by atoms with Crippen LogP contribution in [0.1, 0.15) is 18.9 Å². The minimum Gasteiger partial charge on any atom is -0.493 e. The van der Waals surface area contributed by atoms with Crippen LogP contribution in [0.15, 0.2) is 12.1 Å². The molecule has 17 heavy (non-hydrogen) atoms. The van der Waals surface area contributed by atoms with Crippen LogP contribution in [0.25, 0.3) is 0 Å². The number of hydrogen-bond acceptors (Lipinski definition) is 2. The Balaban J connectivity index is 2.86. The molecule has 0 amide bonds. The van der Waals surface area contributed by atoms with Crippen molar-refractivity contribution in [2.75, 3.05) is 7.11 Å². The molecule has 0 fully saturated rings. The quantitative estimate of drug-likeness (QED) is 0.866. The second-order valence-corrected chi connectivity index (χ2v) is 3.86. The second-order valence-electron chi connectivity index (χ2n) is 3.86. The first-order valence-electron chi connectivity index (χ1n) is 5.20. The van der Waals surface area contributed by atoms with Crippen molar-refractivity contribution in [1.82, 2.24) is 0 Å². The van der Waals surface area contributed by atoms with E-state index in [4.69, 9.17) is 9.84 Å². The normalized spacial score (nSPS) is 12.2. The predicted molar refractivity (Wildman–Crippen MR) is 58.0 cm³/mol. The molecular formula is C12H14F2O3. The van der Waals surface area contributed by atoms with E-state index in [1.54, 1.807) is 6.92 Å². The first-order valence-corrected chi connectivity index (χ1v) is 5.20. The average Bonchev–Trinajstić information content (AvgIpc) is 2.24. The van der Waals surface area contributed by atoms with Crippen molar-refractivity contribution in [3.05, 3.63) is 29.3 Å². The van der Waals surface area contributed by atoms with Crippen LogP contribution in [0.3, 0.4) is 0 Å². The fourth-order valence-electron chi connectivity index (χ4n) is 1.52. The van der Waals surface area contributed by atoms with Crippen molar-refractivity contribution < 1.29 is 23.4 Å². The molecule has 94 valence electrons. The highest BCUT2D eigenvalue weighted by atomic mass is 19.1. The summed E-state index contributed by atoms with van der Waals surface area (Å²) in [5.74, 6) is -2.98. The molecule has 0 saturated heterocycles. The summed E-state index contributed by atoms with van der Waals surface area (Å²) < 4.78 is 31.2. The molecule has 0 heterocycles. The third kappa shape index (κ3) is 3.41. The third-order valence-corrected chi connectivity index (χ3v) is 2.56. The number of hydrogen-bond donors (Lipinski definition) is 1. The van der Waals surface area contributed by atoms with Crippen molar-refractivity contribution in [3.8, 4) is 5.75 Å². The topological polar surface area (TPSA) is 46.5 Å². The monoisotopic (exact) mass is 244 g/mol. The summed E-state index contributed by atoms with van der Waals surface area (Å²) in [4.78, 5) is 10.6. The number of methoxy groups -OCH3 is 1. The minimum atomic E-state index is -0.930. The van der Waals surface area contributed by atoms with Crippen molar-refractivity contribution in [3.63, 3.8) is 0 Å². The molecule has 0 aliphatic rings. The lowest BCUT2D eigenvalue weighted by Crippen LogP contribution is -2.10. The molecule has 1 aromatic carbocycles. The zero-order valence-electron chi connectivity index (χ0n) is 9.67. The van der Waals surface area contributed by atoms with Gasteiger partial charge in [-0.1, -0.05) is 6.92 Å². The molecule has 0 spiro atoms. The van der Waals surface area contributed by atoms with Crippen LogP contribution >= 0.6 is 0 Å². The number of carboxylic acid groups (broad SMARTS) is 1. The van der Waals surface area contributed by atoms with Crippen LogP contribution in [0.2, 0.25) is 0 Å². The maximum atomic E-state index is 13.3. The van der Waals surface area contributed by atoms with E-state index in [1.807, 2.05) is 0 Å². The van der Waals surface area contributed by atoms with Crippen LogP contribution in [-0.4, -0.2) is 18.2 Å². The standard InChI is InChI=1S/C12H14F2O3/c1-7(12(15)16)3-4-8-5-9(13)6-10(14)11(8)17-2/h5-7H,3-4H2,1-2H3,(H,15,16). The van der Waals surface area contributed by atoms with Crippen LogP contribution in [-0.2, 0) is 11.2 Å². The molecule has 1 rings (SSSR count). The first-order chi connectivity index (χ1) is 7.95. The highest BCUT2D eigenvalue weighted by molar-refractivity contribution is 5.69. The van der Waals surface area contributed by atoms with Gasteiger partial charge in [-0.15, -0.1) is 0 Å². The Labute approximate surface area is 98.0 Å². The molecule has 0 aliphatic heterocycles. The zero-order chi connectivity index (χ0) is 13.0. The van der Waals surface area contributed by atoms with Gasteiger partial charge < -0.3 is 9.84 Å². The predicted octanol–water partition coefficient (Wildman–Crippen LogP) is 2.63. The molecule has 0 bridgehead atoms. The number of rotatable bonds is 5. The van der Waals surface area contributed by atoms with E-state index in [-0.39, 0.29) is 12.2 Å². The van der Waals surface area contributed by atoms with E-state index in [0.717, 1.165) is 12.1 Å². The summed E-state index contributed by atoms with van der Waals surface area (Å²) in [6.45, 7) is 1.55. The number of halogens is 2. The largest absolute Gasteiger partial charge is 0.493 e. The molecule has 1 atom stereocenters. The second kappa shape index (κ2) is 5.61. The number of carbonyl (C=O) groups is 1. The minimum absolute atomic E-state index is 0.0241. The summed E-state index contributed by atoms with van der Waals surface area (Å²) in [5.41, 5.74) is 0.345. The fraction of sp³-hybridized carbons (Fsp3) is 0.417. The fourth-order valence-corrected chi connectivity index (χ4v) is 1.52. The summed E-state index contributed by atoms with van der Waals surface area (Å²) >= 11 is 0. The van der Waals surface area contributed by atoms with E-state index in [9.17, 15) is 13.6 Å². The lowest BCUT2D eigenvalue weighted by molar-refractivity contribution is -0.141. The van der Waals surface area contributed by atoms with Gasteiger partial charge in [0.2, 0.25) is 0 Å². The lowest BCUT2D eigenvalue weighted by atomic mass is 10.0. The lowest BCUT2D eigenvalue weighted by Gasteiger charge is -2.11. The molecule has 0 aliphatic carbocycles. The van der Waals surface area contributed by atoms with Gasteiger partial charge in [-0.25, -0.2) is 8.78 Å². The van der Waals surface area contributed by atoms with Crippen LogP contribution < -0.4 is 4.74 Å². The van der Waals surface area contributed by atoms with E-state index >= 15 is 0 Å². The Morgan fingerprint density at radius 1 is 1.47 bits per heavy atom. The Hall–Kier alpha value is -1.65. The molecule has 1 unspecified atom stereocenters. The molecule has 1 aromatic rings. The molecular weight excluding hydrogens is 230 g/mol. The van der Waals surface area contributed by atoms with Gasteiger partial charge in [-0.3, -0.25) is 4.79 Å². The van der Waals surface area contributed by atoms with E-state index in [2.05, 4.69) is 0 Å². The van der Waals surface area contributed by atoms with E-state index in [1.165, 1.54) is 7.11 Å². The molecule has 0 radical (unpaired) electrons. The number of aliphatic carboxylic acids is 1. The van der Waals surface area contributed by atoms with E-state index in [0.29, 0.717) is 12.0 Å². The van der Waals surface area contributed by atoms with Gasteiger partial charge in [0.1, 0.15) is 5.82 Å². The van der Waals surface area contributed by atoms with Gasteiger partial charge in [0.15, 0.2) is 11.6 Å². The number of benzene rings is 1. The Kier molecular flexibility index (Phi) is 4.43. The summed E-state index contributed by atoms with van der Waals surface area (Å²) in [6, 6.07) is 1.90. The van der Waals surface area contributed by atoms with Gasteiger partial charge in [-0.2, -0.15) is 0 Å².